The van der Waals surface area contributed by atoms with Crippen LogP contribution < -0.4 is 11.2 Å². The fraction of sp³-hybridized carbons (Fsp3) is 0.364. The first kappa shape index (κ1) is 28.1. The molecule has 0 aliphatic carbocycles. The predicted octanol–water partition coefficient (Wildman–Crippen LogP) is 4.58. The summed E-state index contributed by atoms with van der Waals surface area (Å²) in [5.74, 6) is -0.484. The average molecular weight is 571 g/mol. The van der Waals surface area contributed by atoms with Gasteiger partial charge in [0, 0.05) is 26.1 Å². The molecule has 6 rings (SSSR count). The number of unbranched alkanes of at least 4 members (excludes halogenated alkanes) is 2. The van der Waals surface area contributed by atoms with Crippen LogP contribution >= 0.6 is 0 Å². The van der Waals surface area contributed by atoms with E-state index in [1.807, 2.05) is 0 Å². The summed E-state index contributed by atoms with van der Waals surface area (Å²) in [6.07, 6.45) is 2.93. The largest absolute Gasteiger partial charge is 0.463 e. The summed E-state index contributed by atoms with van der Waals surface area (Å²) in [5, 5.41) is 18.1. The van der Waals surface area contributed by atoms with Crippen molar-refractivity contribution in [2.24, 2.45) is 0 Å². The summed E-state index contributed by atoms with van der Waals surface area (Å²) in [5.41, 5.74) is 0.496. The van der Waals surface area contributed by atoms with E-state index in [-0.39, 0.29) is 19.6 Å². The number of aromatic amines is 1. The van der Waals surface area contributed by atoms with E-state index in [9.17, 15) is 19.5 Å². The third kappa shape index (κ3) is 5.68. The van der Waals surface area contributed by atoms with Gasteiger partial charge >= 0.3 is 11.7 Å². The van der Waals surface area contributed by atoms with Gasteiger partial charge in [-0.1, -0.05) is 61.0 Å². The highest BCUT2D eigenvalue weighted by atomic mass is 16.6. The Hall–Kier alpha value is -4.05. The maximum Gasteiger partial charge on any atom is 0.330 e. The van der Waals surface area contributed by atoms with E-state index in [1.165, 1.54) is 55.6 Å². The average Bonchev–Trinajstić information content (AvgIpc) is 3.35. The fourth-order valence-corrected chi connectivity index (χ4v) is 5.97. The molecule has 2 N–H and O–H groups in total. The number of ether oxygens (including phenoxy) is 3. The van der Waals surface area contributed by atoms with Gasteiger partial charge in [0.1, 0.15) is 18.9 Å². The van der Waals surface area contributed by atoms with Crippen LogP contribution in [0.1, 0.15) is 50.0 Å². The molecular weight excluding hydrogens is 536 g/mol. The molecule has 0 saturated carbocycles. The van der Waals surface area contributed by atoms with Crippen LogP contribution in [-0.4, -0.2) is 46.0 Å². The Labute approximate surface area is 242 Å². The number of aliphatic hydroxyl groups is 1. The first-order valence-corrected chi connectivity index (χ1v) is 14.4. The molecule has 3 unspecified atom stereocenters. The lowest BCUT2D eigenvalue weighted by Gasteiger charge is -2.16. The fourth-order valence-electron chi connectivity index (χ4n) is 5.97. The molecule has 218 valence electrons. The number of H-pyrrole nitrogens is 1. The molecule has 4 aromatic carbocycles. The lowest BCUT2D eigenvalue weighted by atomic mass is 9.90. The van der Waals surface area contributed by atoms with E-state index in [4.69, 9.17) is 14.2 Å². The van der Waals surface area contributed by atoms with Gasteiger partial charge in [-0.25, -0.2) is 4.79 Å². The molecule has 9 heteroatoms. The summed E-state index contributed by atoms with van der Waals surface area (Å²) < 4.78 is 17.7. The Balaban J connectivity index is 1.01. The molecule has 5 aromatic rings. The third-order valence-electron chi connectivity index (χ3n) is 8.12. The third-order valence-corrected chi connectivity index (χ3v) is 8.12. The Morgan fingerprint density at radius 2 is 1.71 bits per heavy atom. The van der Waals surface area contributed by atoms with Crippen molar-refractivity contribution in [2.75, 3.05) is 13.2 Å². The number of hydrogen-bond donors (Lipinski definition) is 2. The molecule has 0 spiro atoms. The SMILES string of the molecule is CC(=O)OCC1OC(n2cc(COCCCCCc3ccc4ccc5cccc6ccc3c4c56)c(=O)[nH]c2=O)CC1O. The second-order valence-corrected chi connectivity index (χ2v) is 11.0. The maximum absolute atomic E-state index is 12.4. The van der Waals surface area contributed by atoms with Crippen molar-refractivity contribution in [1.82, 2.24) is 9.55 Å². The van der Waals surface area contributed by atoms with E-state index in [0.717, 1.165) is 25.7 Å². The van der Waals surface area contributed by atoms with E-state index in [1.54, 1.807) is 0 Å². The van der Waals surface area contributed by atoms with Gasteiger partial charge in [0.15, 0.2) is 0 Å². The molecule has 1 aliphatic heterocycles. The van der Waals surface area contributed by atoms with Crippen LogP contribution in [0.3, 0.4) is 0 Å². The van der Waals surface area contributed by atoms with Crippen LogP contribution in [0.5, 0.6) is 0 Å². The van der Waals surface area contributed by atoms with Crippen LogP contribution in [0.25, 0.3) is 32.3 Å². The highest BCUT2D eigenvalue weighted by Crippen LogP contribution is 2.36. The molecule has 1 saturated heterocycles. The van der Waals surface area contributed by atoms with Gasteiger partial charge in [0.25, 0.3) is 5.56 Å². The van der Waals surface area contributed by atoms with Gasteiger partial charge in [-0.3, -0.25) is 19.1 Å². The Bertz CT molecular complexity index is 1830. The highest BCUT2D eigenvalue weighted by Gasteiger charge is 2.36. The number of benzene rings is 4. The van der Waals surface area contributed by atoms with E-state index in [2.05, 4.69) is 59.6 Å². The molecular formula is C33H34N2O7. The van der Waals surface area contributed by atoms with Gasteiger partial charge in [-0.15, -0.1) is 0 Å². The number of aryl methyl sites for hydroxylation is 1. The number of carbonyl (C=O) groups is 1. The second-order valence-electron chi connectivity index (χ2n) is 11.0. The van der Waals surface area contributed by atoms with Crippen LogP contribution in [0, 0.1) is 0 Å². The van der Waals surface area contributed by atoms with Gasteiger partial charge in [-0.2, -0.15) is 0 Å². The van der Waals surface area contributed by atoms with Crippen LogP contribution in [0.4, 0.5) is 0 Å². The van der Waals surface area contributed by atoms with Gasteiger partial charge in [0.05, 0.1) is 18.3 Å². The molecule has 1 aromatic heterocycles. The van der Waals surface area contributed by atoms with Crippen LogP contribution in [0.15, 0.2) is 70.4 Å². The second kappa shape index (κ2) is 12.1. The standard InChI is InChI=1S/C33H34N2O7/c1-20(36)41-19-28-27(37)16-29(42-28)35-17-25(32(38)34-33(35)39)18-40-15-4-2-3-6-21-9-10-24-12-11-22-7-5-8-23-13-14-26(21)31(24)30(22)23/h5,7-14,17,27-29,37H,2-4,6,15-16,18-19H2,1H3,(H,34,38,39). The Morgan fingerprint density at radius 3 is 2.50 bits per heavy atom. The van der Waals surface area contributed by atoms with Crippen molar-refractivity contribution in [1.29, 1.82) is 0 Å². The lowest BCUT2D eigenvalue weighted by molar-refractivity contribution is -0.147. The summed E-state index contributed by atoms with van der Waals surface area (Å²) >= 11 is 0. The van der Waals surface area contributed by atoms with Crippen molar-refractivity contribution in [2.45, 2.75) is 64.1 Å². The molecule has 0 radical (unpaired) electrons. The summed E-state index contributed by atoms with van der Waals surface area (Å²) in [6, 6.07) is 19.8. The number of nitrogens with one attached hydrogen (secondary N) is 1. The van der Waals surface area contributed by atoms with E-state index < -0.39 is 35.7 Å². The lowest BCUT2D eigenvalue weighted by Crippen LogP contribution is -2.34. The number of carbonyl (C=O) groups excluding carboxylic acids is 1. The first-order valence-electron chi connectivity index (χ1n) is 14.4. The van der Waals surface area contributed by atoms with Crippen LogP contribution in [-0.2, 0) is 32.0 Å². The van der Waals surface area contributed by atoms with Crippen molar-refractivity contribution in [3.63, 3.8) is 0 Å². The zero-order chi connectivity index (χ0) is 29.2. The minimum atomic E-state index is -0.908. The number of hydrogen-bond acceptors (Lipinski definition) is 7. The predicted molar refractivity (Wildman–Crippen MR) is 160 cm³/mol. The summed E-state index contributed by atoms with van der Waals surface area (Å²) in [4.78, 5) is 38.2. The maximum atomic E-state index is 12.4. The van der Waals surface area contributed by atoms with E-state index in [0.29, 0.717) is 12.2 Å². The molecule has 1 fully saturated rings. The Morgan fingerprint density at radius 1 is 0.976 bits per heavy atom. The zero-order valence-electron chi connectivity index (χ0n) is 23.5. The Kier molecular flexibility index (Phi) is 8.06. The van der Waals surface area contributed by atoms with Crippen molar-refractivity contribution >= 4 is 38.3 Å². The number of aromatic nitrogens is 2. The van der Waals surface area contributed by atoms with Gasteiger partial charge in [0.2, 0.25) is 0 Å². The normalized spacial score (nSPS) is 18.9. The zero-order valence-corrected chi connectivity index (χ0v) is 23.5. The minimum absolute atomic E-state index is 0.0524. The number of esters is 1. The van der Waals surface area contributed by atoms with Crippen molar-refractivity contribution in [3.8, 4) is 0 Å². The minimum Gasteiger partial charge on any atom is -0.463 e. The molecule has 9 nitrogen and oxygen atoms in total. The van der Waals surface area contributed by atoms with E-state index >= 15 is 0 Å². The molecule has 0 bridgehead atoms. The molecule has 2 heterocycles. The smallest absolute Gasteiger partial charge is 0.330 e. The topological polar surface area (TPSA) is 120 Å². The summed E-state index contributed by atoms with van der Waals surface area (Å²) in [6.45, 7) is 1.69. The molecule has 42 heavy (non-hydrogen) atoms. The molecule has 0 amide bonds. The number of aliphatic hydroxyl groups excluding tert-OH is 1. The van der Waals surface area contributed by atoms with Gasteiger partial charge in [-0.05, 0) is 57.1 Å². The quantitative estimate of drug-likeness (QED) is 0.136. The monoisotopic (exact) mass is 570 g/mol. The first-order chi connectivity index (χ1) is 20.4. The van der Waals surface area contributed by atoms with Gasteiger partial charge < -0.3 is 19.3 Å². The number of nitrogens with zero attached hydrogens (tertiary/aromatic N) is 1. The highest BCUT2D eigenvalue weighted by molar-refractivity contribution is 6.23. The molecule has 3 atom stereocenters. The van der Waals surface area contributed by atoms with Crippen LogP contribution in [0.2, 0.25) is 0 Å². The van der Waals surface area contributed by atoms with Crippen molar-refractivity contribution in [3.05, 3.63) is 92.8 Å². The molecule has 1 aliphatic rings. The number of rotatable bonds is 11. The summed E-state index contributed by atoms with van der Waals surface area (Å²) in [7, 11) is 0. The van der Waals surface area contributed by atoms with Crippen molar-refractivity contribution < 1.29 is 24.1 Å².